The molecule has 2 aliphatic heterocycles. The largest absolute Gasteiger partial charge is 0.291 e. The van der Waals surface area contributed by atoms with E-state index in [0.29, 0.717) is 17.6 Å². The molecule has 18 heavy (non-hydrogen) atoms. The van der Waals surface area contributed by atoms with Crippen molar-refractivity contribution in [2.45, 2.75) is 50.7 Å². The first-order chi connectivity index (χ1) is 8.59. The fourth-order valence-electron chi connectivity index (χ4n) is 3.66. The Bertz CT molecular complexity index is 457. The Kier molecular flexibility index (Phi) is 3.18. The summed E-state index contributed by atoms with van der Waals surface area (Å²) in [6.07, 6.45) is 4.79. The van der Waals surface area contributed by atoms with Crippen LogP contribution in [-0.2, 0) is 0 Å². The van der Waals surface area contributed by atoms with E-state index in [9.17, 15) is 8.78 Å². The summed E-state index contributed by atoms with van der Waals surface area (Å²) in [6.45, 7) is 1.99. The van der Waals surface area contributed by atoms with Gasteiger partial charge in [0.15, 0.2) is 0 Å². The third-order valence-electron chi connectivity index (χ3n) is 4.45. The highest BCUT2D eigenvalue weighted by atomic mass is 79.9. The predicted molar refractivity (Wildman–Crippen MR) is 70.4 cm³/mol. The van der Waals surface area contributed by atoms with Crippen LogP contribution in [0.3, 0.4) is 0 Å². The Morgan fingerprint density at radius 2 is 1.61 bits per heavy atom. The van der Waals surface area contributed by atoms with Gasteiger partial charge >= 0.3 is 0 Å². The molecule has 0 radical (unpaired) electrons. The molecule has 1 atom stereocenters. The molecule has 4 heteroatoms. The molecule has 0 saturated carbocycles. The van der Waals surface area contributed by atoms with Crippen LogP contribution in [0.1, 0.15) is 44.2 Å². The minimum atomic E-state index is -0.384. The van der Waals surface area contributed by atoms with Crippen molar-refractivity contribution >= 4 is 15.9 Å². The highest BCUT2D eigenvalue weighted by molar-refractivity contribution is 9.10. The molecule has 1 unspecified atom stereocenters. The smallest absolute Gasteiger partial charge is 0.137 e. The molecular weight excluding hydrogens is 300 g/mol. The van der Waals surface area contributed by atoms with Crippen LogP contribution in [0, 0.1) is 11.6 Å². The second kappa shape index (κ2) is 4.57. The average Bonchev–Trinajstić information content (AvgIpc) is 2.94. The SMILES string of the molecule is CC(c1c(F)ccc(F)c1Br)N1C2CCC1CC2. The minimum absolute atomic E-state index is 0.0601. The zero-order chi connectivity index (χ0) is 12.9. The van der Waals surface area contributed by atoms with Crippen LogP contribution in [0.4, 0.5) is 8.78 Å². The first-order valence-electron chi connectivity index (χ1n) is 6.50. The Labute approximate surface area is 114 Å². The summed E-state index contributed by atoms with van der Waals surface area (Å²) in [6, 6.07) is 3.45. The van der Waals surface area contributed by atoms with E-state index in [1.807, 2.05) is 6.92 Å². The van der Waals surface area contributed by atoms with Gasteiger partial charge in [-0.15, -0.1) is 0 Å². The van der Waals surface area contributed by atoms with E-state index in [0.717, 1.165) is 0 Å². The quantitative estimate of drug-likeness (QED) is 0.730. The van der Waals surface area contributed by atoms with E-state index < -0.39 is 0 Å². The van der Waals surface area contributed by atoms with Gasteiger partial charge in [0.05, 0.1) is 4.47 Å². The Hall–Kier alpha value is -0.480. The molecule has 1 aromatic rings. The summed E-state index contributed by atoms with van der Waals surface area (Å²) >= 11 is 3.20. The molecule has 2 heterocycles. The maximum atomic E-state index is 14.0. The lowest BCUT2D eigenvalue weighted by Crippen LogP contribution is -2.32. The van der Waals surface area contributed by atoms with Gasteiger partial charge in [-0.2, -0.15) is 0 Å². The molecule has 1 nitrogen and oxygen atoms in total. The van der Waals surface area contributed by atoms with E-state index in [1.165, 1.54) is 37.8 Å². The molecule has 0 aromatic heterocycles. The van der Waals surface area contributed by atoms with Crippen LogP contribution in [0.2, 0.25) is 0 Å². The van der Waals surface area contributed by atoms with Crippen LogP contribution in [0.25, 0.3) is 0 Å². The molecule has 2 bridgehead atoms. The van der Waals surface area contributed by atoms with Crippen LogP contribution in [-0.4, -0.2) is 17.0 Å². The second-order valence-corrected chi connectivity index (χ2v) is 6.14. The molecule has 0 N–H and O–H groups in total. The van der Waals surface area contributed by atoms with E-state index in [-0.39, 0.29) is 22.1 Å². The normalized spacial score (nSPS) is 28.9. The lowest BCUT2D eigenvalue weighted by Gasteiger charge is -2.30. The molecule has 2 fully saturated rings. The maximum Gasteiger partial charge on any atom is 0.137 e. The second-order valence-electron chi connectivity index (χ2n) is 5.34. The van der Waals surface area contributed by atoms with Gasteiger partial charge in [-0.05, 0) is 60.7 Å². The highest BCUT2D eigenvalue weighted by Gasteiger charge is 2.43. The summed E-state index contributed by atoms with van der Waals surface area (Å²) in [7, 11) is 0. The fraction of sp³-hybridized carbons (Fsp3) is 0.571. The van der Waals surface area contributed by atoms with Crippen LogP contribution in [0.5, 0.6) is 0 Å². The van der Waals surface area contributed by atoms with Crippen molar-refractivity contribution in [2.24, 2.45) is 0 Å². The van der Waals surface area contributed by atoms with E-state index >= 15 is 0 Å². The standard InChI is InChI=1S/C14H16BrF2N/c1-8(18-9-2-3-10(18)5-4-9)13-11(16)6-7-12(17)14(13)15/h6-10H,2-5H2,1H3. The van der Waals surface area contributed by atoms with Crippen molar-refractivity contribution in [1.82, 2.24) is 4.90 Å². The Balaban J connectivity index is 1.98. The molecule has 3 rings (SSSR count). The maximum absolute atomic E-state index is 14.0. The van der Waals surface area contributed by atoms with Gasteiger partial charge in [-0.25, -0.2) is 8.78 Å². The lowest BCUT2D eigenvalue weighted by atomic mass is 10.0. The van der Waals surface area contributed by atoms with E-state index in [4.69, 9.17) is 0 Å². The number of fused-ring (bicyclic) bond motifs is 2. The highest BCUT2D eigenvalue weighted by Crippen LogP contribution is 2.44. The molecule has 2 saturated heterocycles. The Morgan fingerprint density at radius 1 is 1.11 bits per heavy atom. The molecule has 0 aliphatic carbocycles. The summed E-state index contributed by atoms with van der Waals surface area (Å²) < 4.78 is 27.8. The number of halogens is 3. The van der Waals surface area contributed by atoms with Crippen molar-refractivity contribution in [3.8, 4) is 0 Å². The molecule has 98 valence electrons. The third kappa shape index (κ3) is 1.81. The summed E-state index contributed by atoms with van der Waals surface area (Å²) in [5, 5.41) is 0. The monoisotopic (exact) mass is 315 g/mol. The van der Waals surface area contributed by atoms with Crippen LogP contribution < -0.4 is 0 Å². The number of rotatable bonds is 2. The number of hydrogen-bond acceptors (Lipinski definition) is 1. The van der Waals surface area contributed by atoms with E-state index in [1.54, 1.807) is 0 Å². The van der Waals surface area contributed by atoms with Crippen molar-refractivity contribution < 1.29 is 8.78 Å². The topological polar surface area (TPSA) is 3.24 Å². The van der Waals surface area contributed by atoms with Gasteiger partial charge in [0.25, 0.3) is 0 Å². The number of hydrogen-bond donors (Lipinski definition) is 0. The Morgan fingerprint density at radius 3 is 2.17 bits per heavy atom. The first kappa shape index (κ1) is 12.5. The third-order valence-corrected chi connectivity index (χ3v) is 5.26. The van der Waals surface area contributed by atoms with Gasteiger partial charge in [-0.3, -0.25) is 4.90 Å². The van der Waals surface area contributed by atoms with Gasteiger partial charge in [0.1, 0.15) is 11.6 Å². The molecule has 0 amide bonds. The first-order valence-corrected chi connectivity index (χ1v) is 7.29. The van der Waals surface area contributed by atoms with Crippen LogP contribution in [0.15, 0.2) is 16.6 Å². The summed E-state index contributed by atoms with van der Waals surface area (Å²) in [4.78, 5) is 2.38. The van der Waals surface area contributed by atoms with Crippen molar-refractivity contribution in [1.29, 1.82) is 0 Å². The average molecular weight is 316 g/mol. The molecule has 0 spiro atoms. The van der Waals surface area contributed by atoms with Crippen molar-refractivity contribution in [3.05, 3.63) is 33.8 Å². The molecule has 2 aliphatic rings. The fourth-order valence-corrected chi connectivity index (χ4v) is 4.31. The van der Waals surface area contributed by atoms with Gasteiger partial charge in [0, 0.05) is 23.7 Å². The molecular formula is C14H16BrF2N. The lowest BCUT2D eigenvalue weighted by molar-refractivity contribution is 0.185. The molecule has 1 aromatic carbocycles. The van der Waals surface area contributed by atoms with E-state index in [2.05, 4.69) is 20.8 Å². The summed E-state index contributed by atoms with van der Waals surface area (Å²) in [5.74, 6) is -0.702. The summed E-state index contributed by atoms with van der Waals surface area (Å²) in [5.41, 5.74) is 0.466. The predicted octanol–water partition coefficient (Wildman–Crippen LogP) is 4.42. The van der Waals surface area contributed by atoms with Gasteiger partial charge < -0.3 is 0 Å². The van der Waals surface area contributed by atoms with Gasteiger partial charge in [0.2, 0.25) is 0 Å². The minimum Gasteiger partial charge on any atom is -0.291 e. The van der Waals surface area contributed by atoms with Crippen molar-refractivity contribution in [2.75, 3.05) is 0 Å². The van der Waals surface area contributed by atoms with Gasteiger partial charge in [-0.1, -0.05) is 0 Å². The number of benzene rings is 1. The zero-order valence-corrected chi connectivity index (χ0v) is 11.9. The zero-order valence-electron chi connectivity index (χ0n) is 10.3. The number of nitrogens with zero attached hydrogens (tertiary/aromatic N) is 1. The van der Waals surface area contributed by atoms with Crippen molar-refractivity contribution in [3.63, 3.8) is 0 Å². The van der Waals surface area contributed by atoms with Crippen LogP contribution >= 0.6 is 15.9 Å².